The van der Waals surface area contributed by atoms with Crippen LogP contribution in [0.15, 0.2) is 52.5 Å². The van der Waals surface area contributed by atoms with Crippen LogP contribution in [0.4, 0.5) is 17.1 Å². The Labute approximate surface area is 188 Å². The standard InChI is InChI=1S/C22H29N5O4S/c1-16-6-5-7-17(2)26(16)32(30,31)22-14-20(27(28)29)12-13-21(22)24-23-15-18-8-10-19(11-9-18)25(3)4/h8-17,24H,5-7H2,1-4H3/b23-15-/t16-,17+. The summed E-state index contributed by atoms with van der Waals surface area (Å²) < 4.78 is 28.6. The van der Waals surface area contributed by atoms with Gasteiger partial charge in [-0.1, -0.05) is 18.6 Å². The molecule has 0 saturated carbocycles. The van der Waals surface area contributed by atoms with E-state index in [-0.39, 0.29) is 28.4 Å². The van der Waals surface area contributed by atoms with Crippen LogP contribution >= 0.6 is 0 Å². The van der Waals surface area contributed by atoms with Crippen LogP contribution in [0.2, 0.25) is 0 Å². The lowest BCUT2D eigenvalue weighted by Gasteiger charge is -2.37. The summed E-state index contributed by atoms with van der Waals surface area (Å²) in [6, 6.07) is 11.1. The van der Waals surface area contributed by atoms with E-state index in [0.29, 0.717) is 0 Å². The predicted molar refractivity (Wildman–Crippen MR) is 127 cm³/mol. The number of sulfonamides is 1. The number of anilines is 2. The van der Waals surface area contributed by atoms with Gasteiger partial charge in [0.2, 0.25) is 10.0 Å². The average molecular weight is 460 g/mol. The lowest BCUT2D eigenvalue weighted by atomic mass is 10.0. The molecule has 1 saturated heterocycles. The van der Waals surface area contributed by atoms with Gasteiger partial charge in [-0.05, 0) is 50.5 Å². The first kappa shape index (κ1) is 23.7. The molecule has 0 amide bonds. The van der Waals surface area contributed by atoms with Crippen LogP contribution in [-0.2, 0) is 10.0 Å². The Bertz CT molecular complexity index is 1090. The molecule has 0 radical (unpaired) electrons. The maximum Gasteiger partial charge on any atom is 0.270 e. The summed E-state index contributed by atoms with van der Waals surface area (Å²) in [6.07, 6.45) is 4.03. The number of nitrogens with one attached hydrogen (secondary N) is 1. The van der Waals surface area contributed by atoms with E-state index < -0.39 is 14.9 Å². The Hall–Kier alpha value is -2.98. The number of hydrogen-bond donors (Lipinski definition) is 1. The summed E-state index contributed by atoms with van der Waals surface area (Å²) in [7, 11) is -0.0710. The average Bonchev–Trinajstić information content (AvgIpc) is 2.73. The first-order chi connectivity index (χ1) is 15.1. The second-order valence-electron chi connectivity index (χ2n) is 8.26. The van der Waals surface area contributed by atoms with Crippen LogP contribution in [0.25, 0.3) is 0 Å². The van der Waals surface area contributed by atoms with Gasteiger partial charge in [-0.25, -0.2) is 8.42 Å². The molecule has 10 heteroatoms. The van der Waals surface area contributed by atoms with Crippen molar-refractivity contribution in [3.8, 4) is 0 Å². The smallest absolute Gasteiger partial charge is 0.270 e. The van der Waals surface area contributed by atoms with E-state index in [4.69, 9.17) is 0 Å². The van der Waals surface area contributed by atoms with Crippen molar-refractivity contribution < 1.29 is 13.3 Å². The highest BCUT2D eigenvalue weighted by Crippen LogP contribution is 2.34. The molecule has 2 aromatic rings. The van der Waals surface area contributed by atoms with E-state index in [1.54, 1.807) is 6.21 Å². The fourth-order valence-electron chi connectivity index (χ4n) is 3.95. The van der Waals surface area contributed by atoms with E-state index >= 15 is 0 Å². The molecule has 0 aliphatic carbocycles. The third kappa shape index (κ3) is 5.08. The lowest BCUT2D eigenvalue weighted by molar-refractivity contribution is -0.385. The first-order valence-corrected chi connectivity index (χ1v) is 11.9. The monoisotopic (exact) mass is 459 g/mol. The molecule has 0 bridgehead atoms. The predicted octanol–water partition coefficient (Wildman–Crippen LogP) is 4.06. The molecule has 0 unspecified atom stereocenters. The van der Waals surface area contributed by atoms with Gasteiger partial charge in [-0.2, -0.15) is 9.41 Å². The molecule has 1 fully saturated rings. The van der Waals surface area contributed by atoms with Gasteiger partial charge in [-0.15, -0.1) is 0 Å². The highest BCUT2D eigenvalue weighted by molar-refractivity contribution is 7.89. The first-order valence-electron chi connectivity index (χ1n) is 10.5. The number of non-ortho nitro benzene ring substituents is 1. The van der Waals surface area contributed by atoms with Crippen LogP contribution < -0.4 is 10.3 Å². The van der Waals surface area contributed by atoms with E-state index in [1.807, 2.05) is 57.1 Å². The third-order valence-corrected chi connectivity index (χ3v) is 7.82. The van der Waals surface area contributed by atoms with Gasteiger partial charge in [0.25, 0.3) is 5.69 Å². The summed E-state index contributed by atoms with van der Waals surface area (Å²) in [5.41, 5.74) is 4.56. The van der Waals surface area contributed by atoms with Crippen molar-refractivity contribution in [3.05, 3.63) is 58.1 Å². The van der Waals surface area contributed by atoms with Crippen LogP contribution in [-0.4, -0.2) is 50.0 Å². The van der Waals surface area contributed by atoms with Gasteiger partial charge in [0, 0.05) is 44.0 Å². The number of hydrazone groups is 1. The molecule has 2 aromatic carbocycles. The molecule has 2 atom stereocenters. The Kier molecular flexibility index (Phi) is 7.15. The zero-order valence-electron chi connectivity index (χ0n) is 18.7. The zero-order chi connectivity index (χ0) is 23.5. The fourth-order valence-corrected chi connectivity index (χ4v) is 6.00. The molecule has 1 N–H and O–H groups in total. The quantitative estimate of drug-likeness (QED) is 0.380. The molecule has 1 aliphatic rings. The van der Waals surface area contributed by atoms with Gasteiger partial charge in [0.05, 0.1) is 16.8 Å². The molecule has 9 nitrogen and oxygen atoms in total. The van der Waals surface area contributed by atoms with Crippen molar-refractivity contribution in [1.82, 2.24) is 4.31 Å². The van der Waals surface area contributed by atoms with E-state index in [2.05, 4.69) is 10.5 Å². The minimum absolute atomic E-state index is 0.146. The number of benzene rings is 2. The van der Waals surface area contributed by atoms with Gasteiger partial charge >= 0.3 is 0 Å². The lowest BCUT2D eigenvalue weighted by Crippen LogP contribution is -2.47. The molecule has 0 spiro atoms. The number of nitro groups is 1. The van der Waals surface area contributed by atoms with Crippen molar-refractivity contribution in [2.45, 2.75) is 50.1 Å². The van der Waals surface area contributed by atoms with Gasteiger partial charge in [-0.3, -0.25) is 15.5 Å². The van der Waals surface area contributed by atoms with Crippen molar-refractivity contribution in [1.29, 1.82) is 0 Å². The second-order valence-corrected chi connectivity index (χ2v) is 10.1. The van der Waals surface area contributed by atoms with E-state index in [9.17, 15) is 18.5 Å². The van der Waals surface area contributed by atoms with Crippen LogP contribution in [0.3, 0.4) is 0 Å². The summed E-state index contributed by atoms with van der Waals surface area (Å²) >= 11 is 0. The van der Waals surface area contributed by atoms with E-state index in [0.717, 1.165) is 36.6 Å². The molecule has 172 valence electrons. The van der Waals surface area contributed by atoms with Crippen LogP contribution in [0.5, 0.6) is 0 Å². The van der Waals surface area contributed by atoms with Crippen molar-refractivity contribution >= 4 is 33.3 Å². The summed E-state index contributed by atoms with van der Waals surface area (Å²) in [6.45, 7) is 3.74. The maximum absolute atomic E-state index is 13.5. The minimum Gasteiger partial charge on any atom is -0.378 e. The van der Waals surface area contributed by atoms with Crippen LogP contribution in [0, 0.1) is 10.1 Å². The third-order valence-electron chi connectivity index (χ3n) is 5.65. The SMILES string of the molecule is C[C@@H]1CCC[C@H](C)N1S(=O)(=O)c1cc([N+](=O)[O-])ccc1N/N=C\c1ccc(N(C)C)cc1. The molecular formula is C22H29N5O4S. The van der Waals surface area contributed by atoms with Gasteiger partial charge < -0.3 is 4.90 Å². The Morgan fingerprint density at radius 2 is 1.75 bits per heavy atom. The Balaban J connectivity index is 1.93. The Morgan fingerprint density at radius 3 is 2.31 bits per heavy atom. The van der Waals surface area contributed by atoms with Crippen molar-refractivity contribution in [2.24, 2.45) is 5.10 Å². The minimum atomic E-state index is -3.97. The van der Waals surface area contributed by atoms with E-state index in [1.165, 1.54) is 16.4 Å². The number of rotatable bonds is 7. The van der Waals surface area contributed by atoms with Crippen molar-refractivity contribution in [2.75, 3.05) is 24.4 Å². The van der Waals surface area contributed by atoms with Crippen molar-refractivity contribution in [3.63, 3.8) is 0 Å². The van der Waals surface area contributed by atoms with Gasteiger partial charge in [0.15, 0.2) is 0 Å². The highest BCUT2D eigenvalue weighted by Gasteiger charge is 2.37. The topological polar surface area (TPSA) is 108 Å². The van der Waals surface area contributed by atoms with Gasteiger partial charge in [0.1, 0.15) is 4.90 Å². The summed E-state index contributed by atoms with van der Waals surface area (Å²) in [5.74, 6) is 0. The maximum atomic E-state index is 13.5. The molecule has 1 heterocycles. The molecule has 32 heavy (non-hydrogen) atoms. The fraction of sp³-hybridized carbons (Fsp3) is 0.409. The number of hydrogen-bond acceptors (Lipinski definition) is 7. The second kappa shape index (κ2) is 9.66. The number of nitro benzene ring substituents is 1. The zero-order valence-corrected chi connectivity index (χ0v) is 19.5. The molecule has 3 rings (SSSR count). The summed E-state index contributed by atoms with van der Waals surface area (Å²) in [4.78, 5) is 12.6. The number of nitrogens with zero attached hydrogens (tertiary/aromatic N) is 4. The normalized spacial score (nSPS) is 19.8. The number of piperidine rings is 1. The Morgan fingerprint density at radius 1 is 1.12 bits per heavy atom. The molecule has 0 aromatic heterocycles. The van der Waals surface area contributed by atoms with Crippen LogP contribution in [0.1, 0.15) is 38.7 Å². The molecule has 1 aliphatic heterocycles. The summed E-state index contributed by atoms with van der Waals surface area (Å²) in [5, 5.41) is 15.5. The molecular weight excluding hydrogens is 430 g/mol. The largest absolute Gasteiger partial charge is 0.378 e. The highest BCUT2D eigenvalue weighted by atomic mass is 32.2.